The number of ether oxygens (including phenoxy) is 1. The van der Waals surface area contributed by atoms with Crippen molar-refractivity contribution in [2.24, 2.45) is 0 Å². The number of rotatable bonds is 9. The number of carbonyl (C=O) groups excluding carboxylic acids is 1. The predicted octanol–water partition coefficient (Wildman–Crippen LogP) is 4.79. The van der Waals surface area contributed by atoms with E-state index in [0.29, 0.717) is 19.7 Å². The molecule has 2 aromatic heterocycles. The van der Waals surface area contributed by atoms with Crippen molar-refractivity contribution in [3.63, 3.8) is 0 Å². The fourth-order valence-corrected chi connectivity index (χ4v) is 4.28. The molecule has 0 unspecified atom stereocenters. The van der Waals surface area contributed by atoms with Crippen LogP contribution in [0.3, 0.4) is 0 Å². The molecule has 5 nitrogen and oxygen atoms in total. The number of methoxy groups -OCH3 is 1. The van der Waals surface area contributed by atoms with Gasteiger partial charge in [-0.3, -0.25) is 9.20 Å². The Kier molecular flexibility index (Phi) is 6.92. The van der Waals surface area contributed by atoms with Gasteiger partial charge in [0.05, 0.1) is 12.3 Å². The summed E-state index contributed by atoms with van der Waals surface area (Å²) in [4.78, 5) is 20.4. The van der Waals surface area contributed by atoms with Crippen LogP contribution >= 0.6 is 11.3 Å². The molecular weight excluding hydrogens is 406 g/mol. The summed E-state index contributed by atoms with van der Waals surface area (Å²) in [6, 6.07) is 20.0. The molecule has 0 spiro atoms. The van der Waals surface area contributed by atoms with Gasteiger partial charge >= 0.3 is 0 Å². The number of hydrogen-bond donors (Lipinski definition) is 0. The van der Waals surface area contributed by atoms with E-state index in [4.69, 9.17) is 9.72 Å². The number of amides is 1. The van der Waals surface area contributed by atoms with Gasteiger partial charge in [0.1, 0.15) is 0 Å². The number of nitrogens with zero attached hydrogens (tertiary/aromatic N) is 3. The molecule has 1 amide bonds. The van der Waals surface area contributed by atoms with Crippen molar-refractivity contribution in [3.8, 4) is 11.3 Å². The lowest BCUT2D eigenvalue weighted by Gasteiger charge is -2.20. The third-order valence-corrected chi connectivity index (χ3v) is 5.97. The average Bonchev–Trinajstić information content (AvgIpc) is 3.40. The Morgan fingerprint density at radius 1 is 1.10 bits per heavy atom. The Balaban J connectivity index is 1.46. The second kappa shape index (κ2) is 10.2. The summed E-state index contributed by atoms with van der Waals surface area (Å²) in [7, 11) is 1.65. The highest BCUT2D eigenvalue weighted by molar-refractivity contribution is 7.15. The topological polar surface area (TPSA) is 46.8 Å². The molecule has 31 heavy (non-hydrogen) atoms. The molecule has 2 heterocycles. The second-order valence-corrected chi connectivity index (χ2v) is 8.02. The highest BCUT2D eigenvalue weighted by Crippen LogP contribution is 2.23. The Hall–Kier alpha value is -3.22. The Bertz CT molecular complexity index is 1150. The van der Waals surface area contributed by atoms with Gasteiger partial charge in [-0.05, 0) is 11.6 Å². The van der Waals surface area contributed by atoms with Crippen LogP contribution in [0.15, 0.2) is 78.3 Å². The SMILES string of the molecule is COCCN(CCc1csc2nc(-c3ccccc3)cn12)C(=O)/C=C/c1ccccc1. The van der Waals surface area contributed by atoms with Crippen LogP contribution in [0.5, 0.6) is 0 Å². The molecule has 0 radical (unpaired) electrons. The van der Waals surface area contributed by atoms with Gasteiger partial charge in [-0.15, -0.1) is 11.3 Å². The first-order valence-electron chi connectivity index (χ1n) is 10.3. The van der Waals surface area contributed by atoms with Crippen LogP contribution in [0.1, 0.15) is 11.3 Å². The molecule has 0 saturated carbocycles. The van der Waals surface area contributed by atoms with E-state index in [0.717, 1.165) is 33.9 Å². The summed E-state index contributed by atoms with van der Waals surface area (Å²) in [5, 5.41) is 2.12. The van der Waals surface area contributed by atoms with Crippen LogP contribution in [0.25, 0.3) is 22.3 Å². The number of aromatic nitrogens is 2. The third kappa shape index (κ3) is 5.29. The molecule has 6 heteroatoms. The average molecular weight is 432 g/mol. The predicted molar refractivity (Wildman–Crippen MR) is 126 cm³/mol. The molecule has 4 rings (SSSR count). The summed E-state index contributed by atoms with van der Waals surface area (Å²) in [5.41, 5.74) is 4.23. The molecule has 158 valence electrons. The minimum Gasteiger partial charge on any atom is -0.383 e. The largest absolute Gasteiger partial charge is 0.383 e. The van der Waals surface area contributed by atoms with Gasteiger partial charge in [-0.1, -0.05) is 60.7 Å². The van der Waals surface area contributed by atoms with Crippen molar-refractivity contribution in [1.82, 2.24) is 14.3 Å². The normalized spacial score (nSPS) is 11.4. The van der Waals surface area contributed by atoms with Crippen molar-refractivity contribution in [1.29, 1.82) is 0 Å². The van der Waals surface area contributed by atoms with E-state index in [1.807, 2.05) is 59.5 Å². The van der Waals surface area contributed by atoms with Crippen molar-refractivity contribution in [2.45, 2.75) is 6.42 Å². The van der Waals surface area contributed by atoms with Crippen LogP contribution in [0, 0.1) is 0 Å². The van der Waals surface area contributed by atoms with Crippen molar-refractivity contribution < 1.29 is 9.53 Å². The lowest BCUT2D eigenvalue weighted by atomic mass is 10.2. The van der Waals surface area contributed by atoms with Crippen LogP contribution in [0.4, 0.5) is 0 Å². The first-order valence-corrected chi connectivity index (χ1v) is 11.1. The number of carbonyl (C=O) groups is 1. The fraction of sp³-hybridized carbons (Fsp3) is 0.200. The van der Waals surface area contributed by atoms with Gasteiger partial charge in [0.25, 0.3) is 0 Å². The highest BCUT2D eigenvalue weighted by Gasteiger charge is 2.14. The zero-order valence-electron chi connectivity index (χ0n) is 17.5. The quantitative estimate of drug-likeness (QED) is 0.358. The number of imidazole rings is 1. The molecule has 0 N–H and O–H groups in total. The number of fused-ring (bicyclic) bond motifs is 1. The van der Waals surface area contributed by atoms with Crippen LogP contribution < -0.4 is 0 Å². The Labute approximate surface area is 186 Å². The molecule has 0 aliphatic heterocycles. The van der Waals surface area contributed by atoms with E-state index in [1.54, 1.807) is 24.5 Å². The van der Waals surface area contributed by atoms with Crippen LogP contribution in [-0.4, -0.2) is 47.0 Å². The summed E-state index contributed by atoms with van der Waals surface area (Å²) >= 11 is 1.62. The van der Waals surface area contributed by atoms with E-state index in [9.17, 15) is 4.79 Å². The maximum Gasteiger partial charge on any atom is 0.246 e. The van der Waals surface area contributed by atoms with E-state index < -0.39 is 0 Å². The summed E-state index contributed by atoms with van der Waals surface area (Å²) in [6.07, 6.45) is 6.32. The number of hydrogen-bond acceptors (Lipinski definition) is 4. The minimum absolute atomic E-state index is 0.0111. The van der Waals surface area contributed by atoms with Crippen LogP contribution in [0.2, 0.25) is 0 Å². The smallest absolute Gasteiger partial charge is 0.246 e. The van der Waals surface area contributed by atoms with Gasteiger partial charge in [0.2, 0.25) is 5.91 Å². The molecule has 2 aromatic carbocycles. The van der Waals surface area contributed by atoms with Gasteiger partial charge in [-0.25, -0.2) is 4.98 Å². The molecule has 0 aliphatic carbocycles. The van der Waals surface area contributed by atoms with Gasteiger partial charge < -0.3 is 9.64 Å². The van der Waals surface area contributed by atoms with Crippen molar-refractivity contribution in [3.05, 3.63) is 89.6 Å². The molecule has 4 aromatic rings. The highest BCUT2D eigenvalue weighted by atomic mass is 32.1. The summed E-state index contributed by atoms with van der Waals surface area (Å²) in [6.45, 7) is 1.68. The molecule has 0 fully saturated rings. The molecule has 0 aliphatic rings. The van der Waals surface area contributed by atoms with Crippen molar-refractivity contribution in [2.75, 3.05) is 26.8 Å². The molecular formula is C25H25N3O2S. The second-order valence-electron chi connectivity index (χ2n) is 7.18. The standard InChI is InChI=1S/C25H25N3O2S/c1-30-17-16-27(24(29)13-12-20-8-4-2-5-9-20)15-14-22-19-31-25-26-23(18-28(22)25)21-10-6-3-7-11-21/h2-13,18-19H,14-17H2,1H3/b13-12+. The van der Waals surface area contributed by atoms with E-state index in [1.165, 1.54) is 0 Å². The lowest BCUT2D eigenvalue weighted by molar-refractivity contribution is -0.126. The Morgan fingerprint density at radius 2 is 1.84 bits per heavy atom. The van der Waals surface area contributed by atoms with Gasteiger partial charge in [0, 0.05) is 55.5 Å². The first-order chi connectivity index (χ1) is 15.2. The lowest BCUT2D eigenvalue weighted by Crippen LogP contribution is -2.34. The molecule has 0 saturated heterocycles. The van der Waals surface area contributed by atoms with E-state index >= 15 is 0 Å². The van der Waals surface area contributed by atoms with Crippen molar-refractivity contribution >= 4 is 28.3 Å². The zero-order valence-corrected chi connectivity index (χ0v) is 18.3. The van der Waals surface area contributed by atoms with Gasteiger partial charge in [0.15, 0.2) is 4.96 Å². The fourth-order valence-electron chi connectivity index (χ4n) is 3.38. The summed E-state index contributed by atoms with van der Waals surface area (Å²) < 4.78 is 7.34. The number of thiazole rings is 1. The number of benzene rings is 2. The first kappa shape index (κ1) is 21.0. The van der Waals surface area contributed by atoms with E-state index in [2.05, 4.69) is 28.1 Å². The monoisotopic (exact) mass is 431 g/mol. The molecule has 0 bridgehead atoms. The summed E-state index contributed by atoms with van der Waals surface area (Å²) in [5.74, 6) is -0.0111. The van der Waals surface area contributed by atoms with Gasteiger partial charge in [-0.2, -0.15) is 0 Å². The minimum atomic E-state index is -0.0111. The maximum atomic E-state index is 12.8. The third-order valence-electron chi connectivity index (χ3n) is 5.09. The zero-order chi connectivity index (χ0) is 21.5. The van der Waals surface area contributed by atoms with E-state index in [-0.39, 0.29) is 5.91 Å². The van der Waals surface area contributed by atoms with Crippen LogP contribution in [-0.2, 0) is 16.0 Å². The molecule has 0 atom stereocenters. The maximum absolute atomic E-state index is 12.8. The Morgan fingerprint density at radius 3 is 2.58 bits per heavy atom.